The predicted molar refractivity (Wildman–Crippen MR) is 91.2 cm³/mol. The van der Waals surface area contributed by atoms with E-state index in [-0.39, 0.29) is 6.04 Å². The van der Waals surface area contributed by atoms with Gasteiger partial charge in [0.1, 0.15) is 5.82 Å². The molecular formula is C14H21BrN4S. The normalized spacial score (nSPS) is 18.0. The van der Waals surface area contributed by atoms with Crippen molar-refractivity contribution in [3.05, 3.63) is 22.8 Å². The number of piperazine rings is 1. The molecule has 0 bridgehead atoms. The summed E-state index contributed by atoms with van der Waals surface area (Å²) in [6.07, 6.45) is 3.98. The van der Waals surface area contributed by atoms with Crippen molar-refractivity contribution in [3.63, 3.8) is 0 Å². The molecule has 2 heterocycles. The largest absolute Gasteiger partial charge is 0.392 e. The van der Waals surface area contributed by atoms with Crippen molar-refractivity contribution in [1.29, 1.82) is 0 Å². The van der Waals surface area contributed by atoms with Crippen LogP contribution in [0.15, 0.2) is 22.8 Å². The zero-order chi connectivity index (χ0) is 14.5. The molecule has 1 fully saturated rings. The zero-order valence-electron chi connectivity index (χ0n) is 11.8. The molecule has 1 saturated heterocycles. The third-order valence-electron chi connectivity index (χ3n) is 3.68. The Kier molecular flexibility index (Phi) is 5.74. The Balaban J connectivity index is 1.98. The third-order valence-corrected chi connectivity index (χ3v) is 4.58. The molecule has 1 aromatic rings. The molecule has 6 heteroatoms. The smallest absolute Gasteiger partial charge is 0.142 e. The fourth-order valence-corrected chi connectivity index (χ4v) is 3.41. The summed E-state index contributed by atoms with van der Waals surface area (Å²) in [5.74, 6) is 1.02. The Hall–Kier alpha value is -0.720. The Bertz CT molecular complexity index is 460. The van der Waals surface area contributed by atoms with E-state index in [1.165, 1.54) is 0 Å². The predicted octanol–water partition coefficient (Wildman–Crippen LogP) is 2.42. The first-order valence-corrected chi connectivity index (χ1v) is 8.22. The van der Waals surface area contributed by atoms with Gasteiger partial charge in [0.25, 0.3) is 0 Å². The van der Waals surface area contributed by atoms with Crippen LogP contribution in [-0.4, -0.2) is 47.1 Å². The van der Waals surface area contributed by atoms with Crippen LogP contribution in [-0.2, 0) is 0 Å². The lowest BCUT2D eigenvalue weighted by Crippen LogP contribution is -2.54. The highest BCUT2D eigenvalue weighted by atomic mass is 79.9. The van der Waals surface area contributed by atoms with Gasteiger partial charge in [0.05, 0.1) is 15.5 Å². The van der Waals surface area contributed by atoms with Gasteiger partial charge in [0.2, 0.25) is 0 Å². The van der Waals surface area contributed by atoms with Gasteiger partial charge in [-0.1, -0.05) is 25.6 Å². The minimum Gasteiger partial charge on any atom is -0.392 e. The molecule has 1 unspecified atom stereocenters. The molecule has 20 heavy (non-hydrogen) atoms. The average Bonchev–Trinajstić information content (AvgIpc) is 2.45. The van der Waals surface area contributed by atoms with Gasteiger partial charge in [-0.05, 0) is 34.5 Å². The van der Waals surface area contributed by atoms with E-state index in [0.29, 0.717) is 4.99 Å². The van der Waals surface area contributed by atoms with Crippen molar-refractivity contribution < 1.29 is 0 Å². The Labute approximate surface area is 134 Å². The highest BCUT2D eigenvalue weighted by molar-refractivity contribution is 9.10. The van der Waals surface area contributed by atoms with E-state index >= 15 is 0 Å². The van der Waals surface area contributed by atoms with Gasteiger partial charge in [0, 0.05) is 32.4 Å². The van der Waals surface area contributed by atoms with Crippen molar-refractivity contribution in [2.75, 3.05) is 31.1 Å². The Morgan fingerprint density at radius 3 is 2.70 bits per heavy atom. The molecule has 0 amide bonds. The van der Waals surface area contributed by atoms with Gasteiger partial charge in [0.15, 0.2) is 0 Å². The van der Waals surface area contributed by atoms with Crippen LogP contribution in [0.4, 0.5) is 5.82 Å². The molecule has 4 nitrogen and oxygen atoms in total. The fraction of sp³-hybridized carbons (Fsp3) is 0.571. The molecule has 2 N–H and O–H groups in total. The molecule has 1 atom stereocenters. The first-order chi connectivity index (χ1) is 9.63. The lowest BCUT2D eigenvalue weighted by atomic mass is 10.1. The van der Waals surface area contributed by atoms with Crippen molar-refractivity contribution in [2.24, 2.45) is 5.73 Å². The molecule has 1 aromatic heterocycles. The fourth-order valence-electron chi connectivity index (χ4n) is 2.63. The summed E-state index contributed by atoms with van der Waals surface area (Å²) in [5, 5.41) is 0. The number of aromatic nitrogens is 1. The standard InChI is InChI=1S/C14H21BrN4S/c1-2-4-12(13(16)20)18-7-9-19(10-8-18)14-11(15)5-3-6-17-14/h3,5-6,12H,2,4,7-10H2,1H3,(H2,16,20). The lowest BCUT2D eigenvalue weighted by molar-refractivity contribution is 0.219. The van der Waals surface area contributed by atoms with Crippen LogP contribution in [0.3, 0.4) is 0 Å². The van der Waals surface area contributed by atoms with Crippen molar-refractivity contribution >= 4 is 39.0 Å². The molecule has 1 aliphatic rings. The second-order valence-corrected chi connectivity index (χ2v) is 6.36. The topological polar surface area (TPSA) is 45.4 Å². The number of nitrogens with zero attached hydrogens (tertiary/aromatic N) is 3. The van der Waals surface area contributed by atoms with Gasteiger partial charge in [-0.25, -0.2) is 4.98 Å². The van der Waals surface area contributed by atoms with Gasteiger partial charge < -0.3 is 10.6 Å². The molecule has 110 valence electrons. The maximum atomic E-state index is 5.88. The summed E-state index contributed by atoms with van der Waals surface area (Å²) < 4.78 is 1.05. The second kappa shape index (κ2) is 7.33. The monoisotopic (exact) mass is 356 g/mol. The molecular weight excluding hydrogens is 336 g/mol. The number of hydrogen-bond donors (Lipinski definition) is 1. The lowest BCUT2D eigenvalue weighted by Gasteiger charge is -2.39. The van der Waals surface area contributed by atoms with E-state index < -0.39 is 0 Å². The van der Waals surface area contributed by atoms with Gasteiger partial charge in [-0.15, -0.1) is 0 Å². The van der Waals surface area contributed by atoms with Crippen LogP contribution in [0.2, 0.25) is 0 Å². The molecule has 0 radical (unpaired) electrons. The maximum Gasteiger partial charge on any atom is 0.142 e. The van der Waals surface area contributed by atoms with Crippen molar-refractivity contribution in [3.8, 4) is 0 Å². The number of thiocarbonyl (C=S) groups is 1. The first-order valence-electron chi connectivity index (χ1n) is 7.02. The van der Waals surface area contributed by atoms with Crippen LogP contribution in [0, 0.1) is 0 Å². The van der Waals surface area contributed by atoms with E-state index in [1.807, 2.05) is 18.3 Å². The van der Waals surface area contributed by atoms with Crippen LogP contribution in [0.5, 0.6) is 0 Å². The summed E-state index contributed by atoms with van der Waals surface area (Å²) in [4.78, 5) is 9.79. The number of rotatable bonds is 5. The number of pyridine rings is 1. The van der Waals surface area contributed by atoms with E-state index in [0.717, 1.165) is 49.3 Å². The van der Waals surface area contributed by atoms with Crippen LogP contribution in [0.25, 0.3) is 0 Å². The quantitative estimate of drug-likeness (QED) is 0.820. The number of nitrogens with two attached hydrogens (primary N) is 1. The highest BCUT2D eigenvalue weighted by Crippen LogP contribution is 2.24. The van der Waals surface area contributed by atoms with Gasteiger partial charge >= 0.3 is 0 Å². The number of hydrogen-bond acceptors (Lipinski definition) is 4. The first kappa shape index (κ1) is 15.7. The maximum absolute atomic E-state index is 5.88. The molecule has 0 aliphatic carbocycles. The molecule has 2 rings (SSSR count). The SMILES string of the molecule is CCCC(C(N)=S)N1CCN(c2ncccc2Br)CC1. The minimum atomic E-state index is 0.240. The molecule has 0 aromatic carbocycles. The molecule has 0 spiro atoms. The van der Waals surface area contributed by atoms with E-state index in [2.05, 4.69) is 37.6 Å². The van der Waals surface area contributed by atoms with Gasteiger partial charge in [-0.2, -0.15) is 0 Å². The van der Waals surface area contributed by atoms with Crippen LogP contribution < -0.4 is 10.6 Å². The summed E-state index contributed by atoms with van der Waals surface area (Å²) in [5.41, 5.74) is 5.88. The van der Waals surface area contributed by atoms with E-state index in [4.69, 9.17) is 18.0 Å². The second-order valence-electron chi connectivity index (χ2n) is 5.04. The summed E-state index contributed by atoms with van der Waals surface area (Å²) in [6.45, 7) is 6.04. The minimum absolute atomic E-state index is 0.240. The van der Waals surface area contributed by atoms with E-state index in [9.17, 15) is 0 Å². The summed E-state index contributed by atoms with van der Waals surface area (Å²) >= 11 is 8.77. The van der Waals surface area contributed by atoms with E-state index in [1.54, 1.807) is 0 Å². The Morgan fingerprint density at radius 2 is 2.15 bits per heavy atom. The Morgan fingerprint density at radius 1 is 1.45 bits per heavy atom. The molecule has 0 saturated carbocycles. The van der Waals surface area contributed by atoms with Crippen molar-refractivity contribution in [2.45, 2.75) is 25.8 Å². The zero-order valence-corrected chi connectivity index (χ0v) is 14.2. The summed E-state index contributed by atoms with van der Waals surface area (Å²) in [7, 11) is 0. The van der Waals surface area contributed by atoms with Crippen LogP contribution in [0.1, 0.15) is 19.8 Å². The van der Waals surface area contributed by atoms with Crippen molar-refractivity contribution in [1.82, 2.24) is 9.88 Å². The van der Waals surface area contributed by atoms with Crippen LogP contribution >= 0.6 is 28.1 Å². The molecule has 1 aliphatic heterocycles. The van der Waals surface area contributed by atoms with Gasteiger partial charge in [-0.3, -0.25) is 4.90 Å². The number of anilines is 1. The highest BCUT2D eigenvalue weighted by Gasteiger charge is 2.26. The third kappa shape index (κ3) is 3.68. The number of halogens is 1. The summed E-state index contributed by atoms with van der Waals surface area (Å²) in [6, 6.07) is 4.21. The average molecular weight is 357 g/mol.